The average Bonchev–Trinajstić information content (AvgIpc) is 1.96. The molecule has 0 unspecified atom stereocenters. The third-order valence-corrected chi connectivity index (χ3v) is 1.44. The highest BCUT2D eigenvalue weighted by molar-refractivity contribution is 5.87. The summed E-state index contributed by atoms with van der Waals surface area (Å²) in [7, 11) is 0. The summed E-state index contributed by atoms with van der Waals surface area (Å²) >= 11 is 0. The SMILES string of the molecule is C=C(C(=O)[O-])C(F)(C(F)(F)F)C(F)(F)F. The first-order chi connectivity index (χ1) is 6.35. The maximum atomic E-state index is 12.7. The van der Waals surface area contributed by atoms with E-state index in [0.717, 1.165) is 0 Å². The monoisotopic (exact) mass is 239 g/mol. The van der Waals surface area contributed by atoms with Gasteiger partial charge in [0.15, 0.2) is 0 Å². The molecule has 0 fully saturated rings. The first-order valence-electron chi connectivity index (χ1n) is 3.08. The van der Waals surface area contributed by atoms with E-state index in [1.807, 2.05) is 6.58 Å². The summed E-state index contributed by atoms with van der Waals surface area (Å²) in [6.45, 7) is 1.88. The first-order valence-corrected chi connectivity index (χ1v) is 3.08. The highest BCUT2D eigenvalue weighted by atomic mass is 19.4. The minimum atomic E-state index is -6.47. The molecule has 0 aromatic carbocycles. The van der Waals surface area contributed by atoms with Crippen molar-refractivity contribution in [2.24, 2.45) is 0 Å². The van der Waals surface area contributed by atoms with E-state index >= 15 is 0 Å². The molecule has 0 spiro atoms. The van der Waals surface area contributed by atoms with Crippen LogP contribution in [0.1, 0.15) is 0 Å². The molecule has 0 amide bonds. The van der Waals surface area contributed by atoms with Crippen LogP contribution < -0.4 is 5.11 Å². The first kappa shape index (κ1) is 13.7. The van der Waals surface area contributed by atoms with Crippen molar-refractivity contribution in [1.29, 1.82) is 0 Å². The lowest BCUT2D eigenvalue weighted by molar-refractivity contribution is -0.339. The molecule has 15 heavy (non-hydrogen) atoms. The molecule has 0 aromatic heterocycles. The molecule has 2 nitrogen and oxygen atoms in total. The van der Waals surface area contributed by atoms with Crippen molar-refractivity contribution in [2.75, 3.05) is 0 Å². The van der Waals surface area contributed by atoms with E-state index in [1.165, 1.54) is 0 Å². The molecule has 0 rings (SSSR count). The number of rotatable bonds is 2. The zero-order valence-electron chi connectivity index (χ0n) is 6.67. The van der Waals surface area contributed by atoms with Gasteiger partial charge in [-0.15, -0.1) is 0 Å². The van der Waals surface area contributed by atoms with Gasteiger partial charge in [-0.3, -0.25) is 0 Å². The van der Waals surface area contributed by atoms with Gasteiger partial charge in [0.25, 0.3) is 0 Å². The van der Waals surface area contributed by atoms with Crippen molar-refractivity contribution in [2.45, 2.75) is 18.0 Å². The molecule has 0 aliphatic rings. The van der Waals surface area contributed by atoms with Crippen LogP contribution in [0, 0.1) is 0 Å². The summed E-state index contributed by atoms with van der Waals surface area (Å²) in [6.07, 6.45) is -12.9. The van der Waals surface area contributed by atoms with Gasteiger partial charge in [-0.1, -0.05) is 6.58 Å². The highest BCUT2D eigenvalue weighted by Crippen LogP contribution is 2.49. The third kappa shape index (κ3) is 2.05. The number of carbonyl (C=O) groups is 1. The number of alkyl halides is 7. The van der Waals surface area contributed by atoms with Crippen LogP contribution in [0.25, 0.3) is 0 Å². The summed E-state index contributed by atoms with van der Waals surface area (Å²) in [6, 6.07) is 0. The van der Waals surface area contributed by atoms with Gasteiger partial charge in [-0.25, -0.2) is 4.39 Å². The standard InChI is InChI=1S/C6H3F7O2/c1-2(3(14)15)4(7,5(8,9)10)6(11,12)13/h1H2,(H,14,15)/p-1. The van der Waals surface area contributed by atoms with Crippen molar-refractivity contribution in [1.82, 2.24) is 0 Å². The maximum Gasteiger partial charge on any atom is 0.435 e. The fourth-order valence-electron chi connectivity index (χ4n) is 0.644. The second-order valence-electron chi connectivity index (χ2n) is 2.42. The van der Waals surface area contributed by atoms with Gasteiger partial charge in [0.1, 0.15) is 0 Å². The number of aliphatic carboxylic acids is 1. The van der Waals surface area contributed by atoms with Gasteiger partial charge in [0, 0.05) is 5.57 Å². The number of carboxylic acids is 1. The Kier molecular flexibility index (Phi) is 3.10. The zero-order chi connectivity index (χ0) is 12.7. The average molecular weight is 239 g/mol. The summed E-state index contributed by atoms with van der Waals surface area (Å²) < 4.78 is 83.3. The van der Waals surface area contributed by atoms with Crippen LogP contribution in [-0.2, 0) is 4.79 Å². The molecule has 0 heterocycles. The molecule has 0 aromatic rings. The quantitative estimate of drug-likeness (QED) is 0.535. The van der Waals surface area contributed by atoms with Gasteiger partial charge in [0.05, 0.1) is 5.97 Å². The molecule has 88 valence electrons. The molecule has 0 aliphatic heterocycles. The highest BCUT2D eigenvalue weighted by Gasteiger charge is 2.74. The van der Waals surface area contributed by atoms with Crippen LogP contribution in [0.4, 0.5) is 30.7 Å². The van der Waals surface area contributed by atoms with E-state index in [0.29, 0.717) is 0 Å². The molecule has 0 saturated carbocycles. The van der Waals surface area contributed by atoms with Gasteiger partial charge in [0.2, 0.25) is 0 Å². The van der Waals surface area contributed by atoms with Crippen LogP contribution in [0.5, 0.6) is 0 Å². The molecule has 9 heteroatoms. The van der Waals surface area contributed by atoms with Crippen molar-refractivity contribution in [3.63, 3.8) is 0 Å². The van der Waals surface area contributed by atoms with E-state index in [2.05, 4.69) is 0 Å². The summed E-state index contributed by atoms with van der Waals surface area (Å²) in [4.78, 5) is 9.79. The summed E-state index contributed by atoms with van der Waals surface area (Å²) in [5, 5.41) is 9.79. The summed E-state index contributed by atoms with van der Waals surface area (Å²) in [5.41, 5.74) is -8.73. The van der Waals surface area contributed by atoms with E-state index in [4.69, 9.17) is 0 Å². The molecule has 0 aliphatic carbocycles. The lowest BCUT2D eigenvalue weighted by Gasteiger charge is -2.31. The Hall–Kier alpha value is -1.28. The van der Waals surface area contributed by atoms with Crippen molar-refractivity contribution in [3.8, 4) is 0 Å². The van der Waals surface area contributed by atoms with Crippen LogP contribution >= 0.6 is 0 Å². The Morgan fingerprint density at radius 2 is 1.20 bits per heavy atom. The lowest BCUT2D eigenvalue weighted by atomic mass is 9.95. The van der Waals surface area contributed by atoms with Gasteiger partial charge in [-0.2, -0.15) is 26.3 Å². The van der Waals surface area contributed by atoms with Crippen LogP contribution in [0.2, 0.25) is 0 Å². The van der Waals surface area contributed by atoms with E-state index in [1.54, 1.807) is 0 Å². The van der Waals surface area contributed by atoms with Crippen molar-refractivity contribution >= 4 is 5.97 Å². The lowest BCUT2D eigenvalue weighted by Crippen LogP contribution is -2.57. The van der Waals surface area contributed by atoms with E-state index in [-0.39, 0.29) is 0 Å². The number of carbonyl (C=O) groups excluding carboxylic acids is 1. The minimum Gasteiger partial charge on any atom is -0.545 e. The fraction of sp³-hybridized carbons (Fsp3) is 0.500. The zero-order valence-corrected chi connectivity index (χ0v) is 6.67. The van der Waals surface area contributed by atoms with Crippen LogP contribution in [0.15, 0.2) is 12.2 Å². The van der Waals surface area contributed by atoms with Crippen LogP contribution in [0.3, 0.4) is 0 Å². The topological polar surface area (TPSA) is 40.1 Å². The van der Waals surface area contributed by atoms with Gasteiger partial charge < -0.3 is 9.90 Å². The molecule has 0 atom stereocenters. The van der Waals surface area contributed by atoms with Crippen LogP contribution in [-0.4, -0.2) is 24.0 Å². The Bertz CT molecular complexity index is 273. The molecule has 0 radical (unpaired) electrons. The predicted octanol–water partition coefficient (Wildman–Crippen LogP) is 1.13. The smallest absolute Gasteiger partial charge is 0.435 e. The maximum absolute atomic E-state index is 12.7. The molecule has 0 bridgehead atoms. The van der Waals surface area contributed by atoms with Gasteiger partial charge in [-0.05, 0) is 0 Å². The second kappa shape index (κ2) is 3.38. The second-order valence-corrected chi connectivity index (χ2v) is 2.42. The number of halogens is 7. The Morgan fingerprint density at radius 1 is 0.933 bits per heavy atom. The van der Waals surface area contributed by atoms with E-state index in [9.17, 15) is 40.6 Å². The molecule has 0 saturated heterocycles. The number of hydrogen-bond acceptors (Lipinski definition) is 2. The van der Waals surface area contributed by atoms with Crippen molar-refractivity contribution in [3.05, 3.63) is 12.2 Å². The molecular weight excluding hydrogens is 237 g/mol. The predicted molar refractivity (Wildman–Crippen MR) is 30.1 cm³/mol. The van der Waals surface area contributed by atoms with E-state index < -0.39 is 29.6 Å². The Balaban J connectivity index is 5.64. The third-order valence-electron chi connectivity index (χ3n) is 1.44. The van der Waals surface area contributed by atoms with Crippen molar-refractivity contribution < 1.29 is 40.6 Å². The number of carboxylic acid groups (broad SMARTS) is 1. The normalized spacial score (nSPS) is 13.8. The Labute approximate surface area is 78.0 Å². The largest absolute Gasteiger partial charge is 0.545 e. The van der Waals surface area contributed by atoms with Gasteiger partial charge >= 0.3 is 18.0 Å². The number of hydrogen-bond donors (Lipinski definition) is 0. The minimum absolute atomic E-state index is 1.88. The summed E-state index contributed by atoms with van der Waals surface area (Å²) in [5.74, 6) is -2.97. The fourth-order valence-corrected chi connectivity index (χ4v) is 0.644. The molecule has 0 N–H and O–H groups in total. The Morgan fingerprint density at radius 3 is 1.27 bits per heavy atom. The molecular formula is C6H2F7O2-.